The van der Waals surface area contributed by atoms with E-state index in [1.807, 2.05) is 35.0 Å². The van der Waals surface area contributed by atoms with Gasteiger partial charge in [-0.25, -0.2) is 0 Å². The third kappa shape index (κ3) is 2.95. The summed E-state index contributed by atoms with van der Waals surface area (Å²) in [5.41, 5.74) is 7.08. The van der Waals surface area contributed by atoms with Gasteiger partial charge in [-0.1, -0.05) is 18.2 Å². The van der Waals surface area contributed by atoms with E-state index in [2.05, 4.69) is 4.98 Å². The smallest absolute Gasteiger partial charge is 0.256 e. The molecule has 0 amide bonds. The predicted molar refractivity (Wildman–Crippen MR) is 89.7 cm³/mol. The summed E-state index contributed by atoms with van der Waals surface area (Å²) in [5, 5.41) is 5.38. The summed E-state index contributed by atoms with van der Waals surface area (Å²) >= 11 is 1.58. The molecular formula is C15H15ClN2O2S. The van der Waals surface area contributed by atoms with E-state index in [0.29, 0.717) is 30.0 Å². The monoisotopic (exact) mass is 322 g/mol. The van der Waals surface area contributed by atoms with Crippen molar-refractivity contribution in [2.45, 2.75) is 0 Å². The fourth-order valence-corrected chi connectivity index (χ4v) is 2.82. The minimum Gasteiger partial charge on any atom is -0.489 e. The van der Waals surface area contributed by atoms with Crippen LogP contribution in [0.5, 0.6) is 5.75 Å². The Morgan fingerprint density at radius 2 is 1.95 bits per heavy atom. The summed E-state index contributed by atoms with van der Waals surface area (Å²) in [6, 6.07) is 9.39. The first-order chi connectivity index (χ1) is 9.81. The SMILES string of the molecule is Cl.NCCOc1c(-c2ccsc2)[nH]c(=O)c2ccccc12. The number of benzene rings is 1. The second-order valence-corrected chi connectivity index (χ2v) is 5.13. The molecule has 0 atom stereocenters. The maximum atomic E-state index is 12.2. The van der Waals surface area contributed by atoms with E-state index in [4.69, 9.17) is 10.5 Å². The van der Waals surface area contributed by atoms with Crippen LogP contribution in [0.4, 0.5) is 0 Å². The van der Waals surface area contributed by atoms with Crippen LogP contribution in [-0.4, -0.2) is 18.1 Å². The van der Waals surface area contributed by atoms with Crippen molar-refractivity contribution in [2.75, 3.05) is 13.2 Å². The molecule has 0 bridgehead atoms. The van der Waals surface area contributed by atoms with Gasteiger partial charge in [0.1, 0.15) is 6.61 Å². The highest BCUT2D eigenvalue weighted by atomic mass is 35.5. The first-order valence-electron chi connectivity index (χ1n) is 6.31. The lowest BCUT2D eigenvalue weighted by molar-refractivity contribution is 0.332. The van der Waals surface area contributed by atoms with Crippen LogP contribution < -0.4 is 16.0 Å². The van der Waals surface area contributed by atoms with Crippen LogP contribution in [0.25, 0.3) is 22.0 Å². The van der Waals surface area contributed by atoms with Gasteiger partial charge in [0, 0.05) is 22.9 Å². The first kappa shape index (κ1) is 15.6. The van der Waals surface area contributed by atoms with Gasteiger partial charge in [-0.3, -0.25) is 4.79 Å². The van der Waals surface area contributed by atoms with Gasteiger partial charge in [-0.15, -0.1) is 12.4 Å². The van der Waals surface area contributed by atoms with Crippen molar-refractivity contribution >= 4 is 34.5 Å². The predicted octanol–water partition coefficient (Wildman–Crippen LogP) is 3.02. The van der Waals surface area contributed by atoms with Crippen LogP contribution in [0.15, 0.2) is 45.9 Å². The molecule has 4 nitrogen and oxygen atoms in total. The Bertz CT molecular complexity index is 784. The van der Waals surface area contributed by atoms with Crippen LogP contribution in [0.3, 0.4) is 0 Å². The number of aromatic nitrogens is 1. The molecule has 21 heavy (non-hydrogen) atoms. The van der Waals surface area contributed by atoms with Crippen molar-refractivity contribution in [3.63, 3.8) is 0 Å². The molecule has 0 fully saturated rings. The first-order valence-corrected chi connectivity index (χ1v) is 7.26. The molecule has 0 unspecified atom stereocenters. The summed E-state index contributed by atoms with van der Waals surface area (Å²) in [6.45, 7) is 0.837. The zero-order valence-electron chi connectivity index (χ0n) is 11.2. The Labute approximate surface area is 132 Å². The standard InChI is InChI=1S/C15H14N2O2S.ClH/c16-6-7-19-14-11-3-1-2-4-12(11)15(18)17-13(14)10-5-8-20-9-10;/h1-5,8-9H,6-7,16H2,(H,17,18);1H. The molecule has 0 aliphatic carbocycles. The summed E-state index contributed by atoms with van der Waals surface area (Å²) in [6.07, 6.45) is 0. The zero-order chi connectivity index (χ0) is 13.9. The van der Waals surface area contributed by atoms with E-state index < -0.39 is 0 Å². The van der Waals surface area contributed by atoms with Crippen LogP contribution in [0.2, 0.25) is 0 Å². The molecule has 3 N–H and O–H groups in total. The van der Waals surface area contributed by atoms with E-state index in [1.165, 1.54) is 0 Å². The van der Waals surface area contributed by atoms with E-state index in [-0.39, 0.29) is 18.0 Å². The minimum absolute atomic E-state index is 0. The number of nitrogens with two attached hydrogens (primary N) is 1. The second kappa shape index (κ2) is 6.76. The van der Waals surface area contributed by atoms with Gasteiger partial charge in [0.15, 0.2) is 5.75 Å². The van der Waals surface area contributed by atoms with Crippen LogP contribution in [-0.2, 0) is 0 Å². The van der Waals surface area contributed by atoms with Gasteiger partial charge < -0.3 is 15.5 Å². The molecule has 0 saturated heterocycles. The molecule has 2 heterocycles. The number of H-pyrrole nitrogens is 1. The summed E-state index contributed by atoms with van der Waals surface area (Å²) in [7, 11) is 0. The largest absolute Gasteiger partial charge is 0.489 e. The van der Waals surface area contributed by atoms with Gasteiger partial charge in [-0.2, -0.15) is 11.3 Å². The third-order valence-corrected chi connectivity index (χ3v) is 3.74. The Kier molecular flexibility index (Phi) is 5.01. The number of pyridine rings is 1. The number of halogens is 1. The fourth-order valence-electron chi connectivity index (χ4n) is 2.17. The van der Waals surface area contributed by atoms with Gasteiger partial charge in [0.25, 0.3) is 5.56 Å². The number of fused-ring (bicyclic) bond motifs is 1. The Hall–Kier alpha value is -1.82. The lowest BCUT2D eigenvalue weighted by Gasteiger charge is -2.13. The van der Waals surface area contributed by atoms with Crippen LogP contribution in [0.1, 0.15) is 0 Å². The molecule has 0 aliphatic rings. The molecule has 1 aromatic carbocycles. The van der Waals surface area contributed by atoms with Crippen molar-refractivity contribution in [1.29, 1.82) is 0 Å². The molecular weight excluding hydrogens is 308 g/mol. The average molecular weight is 323 g/mol. The number of hydrogen-bond donors (Lipinski definition) is 2. The highest BCUT2D eigenvalue weighted by Crippen LogP contribution is 2.34. The van der Waals surface area contributed by atoms with Gasteiger partial charge >= 0.3 is 0 Å². The quantitative estimate of drug-likeness (QED) is 0.776. The minimum atomic E-state index is -0.109. The Balaban J connectivity index is 0.00000161. The van der Waals surface area contributed by atoms with Crippen molar-refractivity contribution in [3.05, 3.63) is 51.4 Å². The molecule has 110 valence electrons. The number of aromatic amines is 1. The molecule has 3 aromatic rings. The van der Waals surface area contributed by atoms with Crippen molar-refractivity contribution in [3.8, 4) is 17.0 Å². The van der Waals surface area contributed by atoms with Gasteiger partial charge in [0.2, 0.25) is 0 Å². The number of ether oxygens (including phenoxy) is 1. The molecule has 0 aliphatic heterocycles. The van der Waals surface area contributed by atoms with Crippen molar-refractivity contribution < 1.29 is 4.74 Å². The lowest BCUT2D eigenvalue weighted by Crippen LogP contribution is -2.14. The van der Waals surface area contributed by atoms with Gasteiger partial charge in [-0.05, 0) is 17.5 Å². The van der Waals surface area contributed by atoms with E-state index in [0.717, 1.165) is 10.9 Å². The Morgan fingerprint density at radius 3 is 2.62 bits per heavy atom. The Morgan fingerprint density at radius 1 is 1.19 bits per heavy atom. The second-order valence-electron chi connectivity index (χ2n) is 4.35. The van der Waals surface area contributed by atoms with Crippen molar-refractivity contribution in [1.82, 2.24) is 4.98 Å². The highest BCUT2D eigenvalue weighted by molar-refractivity contribution is 7.08. The van der Waals surface area contributed by atoms with E-state index in [1.54, 1.807) is 17.4 Å². The van der Waals surface area contributed by atoms with Crippen LogP contribution >= 0.6 is 23.7 Å². The van der Waals surface area contributed by atoms with Gasteiger partial charge in [0.05, 0.1) is 11.1 Å². The topological polar surface area (TPSA) is 68.1 Å². The number of nitrogens with one attached hydrogen (secondary N) is 1. The maximum absolute atomic E-state index is 12.2. The van der Waals surface area contributed by atoms with E-state index in [9.17, 15) is 4.79 Å². The maximum Gasteiger partial charge on any atom is 0.256 e. The summed E-state index contributed by atoms with van der Waals surface area (Å²) in [5.74, 6) is 0.684. The normalized spacial score (nSPS) is 10.3. The molecule has 3 rings (SSSR count). The van der Waals surface area contributed by atoms with Crippen molar-refractivity contribution in [2.24, 2.45) is 5.73 Å². The number of rotatable bonds is 4. The fraction of sp³-hybridized carbons (Fsp3) is 0.133. The van der Waals surface area contributed by atoms with Crippen LogP contribution in [0, 0.1) is 0 Å². The molecule has 0 radical (unpaired) electrons. The molecule has 0 spiro atoms. The van der Waals surface area contributed by atoms with E-state index >= 15 is 0 Å². The third-order valence-electron chi connectivity index (χ3n) is 3.06. The zero-order valence-corrected chi connectivity index (χ0v) is 12.8. The summed E-state index contributed by atoms with van der Waals surface area (Å²) < 4.78 is 5.79. The molecule has 0 saturated carbocycles. The average Bonchev–Trinajstić information content (AvgIpc) is 3.00. The summed E-state index contributed by atoms with van der Waals surface area (Å²) in [4.78, 5) is 15.1. The number of thiophene rings is 1. The number of hydrogen-bond acceptors (Lipinski definition) is 4. The lowest BCUT2D eigenvalue weighted by atomic mass is 10.1. The molecule has 2 aromatic heterocycles. The highest BCUT2D eigenvalue weighted by Gasteiger charge is 2.14. The molecule has 6 heteroatoms.